The van der Waals surface area contributed by atoms with E-state index < -0.39 is 23.4 Å². The van der Waals surface area contributed by atoms with Crippen molar-refractivity contribution in [2.24, 2.45) is 11.1 Å². The third kappa shape index (κ3) is 3.30. The van der Waals surface area contributed by atoms with Crippen LogP contribution in [0.4, 0.5) is 8.78 Å². The molecule has 1 rings (SSSR count). The standard InChI is InChI=1S/C11H14BrF2NO.ClH/c1-11(2,3)10(15)5-4-6(12)7(13)8(14)9(5)16;/h4,10,16H,15H2,1-3H3;1H/t10-;/m1./s1. The molecule has 0 spiro atoms. The highest BCUT2D eigenvalue weighted by Gasteiger charge is 2.28. The third-order valence-electron chi connectivity index (χ3n) is 2.43. The summed E-state index contributed by atoms with van der Waals surface area (Å²) in [5.74, 6) is -3.10. The Bertz CT molecular complexity index is 421. The molecule has 0 bridgehead atoms. The van der Waals surface area contributed by atoms with Crippen molar-refractivity contribution in [3.8, 4) is 5.75 Å². The van der Waals surface area contributed by atoms with E-state index in [1.807, 2.05) is 20.8 Å². The molecule has 0 amide bonds. The first-order chi connectivity index (χ1) is 7.16. The number of phenols is 1. The topological polar surface area (TPSA) is 46.2 Å². The smallest absolute Gasteiger partial charge is 0.201 e. The molecule has 0 aliphatic heterocycles. The molecule has 0 saturated heterocycles. The van der Waals surface area contributed by atoms with E-state index in [-0.39, 0.29) is 27.9 Å². The van der Waals surface area contributed by atoms with Gasteiger partial charge in [0.15, 0.2) is 11.6 Å². The highest BCUT2D eigenvalue weighted by Crippen LogP contribution is 2.39. The highest BCUT2D eigenvalue weighted by molar-refractivity contribution is 9.10. The lowest BCUT2D eigenvalue weighted by molar-refractivity contribution is 0.310. The normalized spacial score (nSPS) is 13.1. The minimum atomic E-state index is -1.27. The van der Waals surface area contributed by atoms with Gasteiger partial charge in [0.05, 0.1) is 4.47 Å². The fourth-order valence-corrected chi connectivity index (χ4v) is 1.73. The van der Waals surface area contributed by atoms with Crippen molar-refractivity contribution in [2.75, 3.05) is 0 Å². The molecular weight excluding hydrogens is 315 g/mol. The van der Waals surface area contributed by atoms with Crippen LogP contribution >= 0.6 is 28.3 Å². The van der Waals surface area contributed by atoms with E-state index in [9.17, 15) is 13.9 Å². The molecule has 0 aliphatic carbocycles. The predicted molar refractivity (Wildman–Crippen MR) is 69.4 cm³/mol. The largest absolute Gasteiger partial charge is 0.505 e. The van der Waals surface area contributed by atoms with Crippen molar-refractivity contribution in [2.45, 2.75) is 26.8 Å². The molecule has 3 N–H and O–H groups in total. The summed E-state index contributed by atoms with van der Waals surface area (Å²) in [5, 5.41) is 9.52. The van der Waals surface area contributed by atoms with Gasteiger partial charge in [0.2, 0.25) is 5.82 Å². The summed E-state index contributed by atoms with van der Waals surface area (Å²) in [6, 6.07) is 0.725. The molecule has 0 radical (unpaired) electrons. The molecular formula is C11H15BrClF2NO. The first-order valence-electron chi connectivity index (χ1n) is 4.78. The summed E-state index contributed by atoms with van der Waals surface area (Å²) in [4.78, 5) is 0. The Balaban J connectivity index is 0.00000256. The molecule has 0 heterocycles. The van der Waals surface area contributed by atoms with Crippen molar-refractivity contribution in [3.63, 3.8) is 0 Å². The van der Waals surface area contributed by atoms with Crippen LogP contribution in [0.2, 0.25) is 0 Å². The first-order valence-corrected chi connectivity index (χ1v) is 5.57. The summed E-state index contributed by atoms with van der Waals surface area (Å²) in [6.45, 7) is 5.56. The molecule has 1 aromatic carbocycles. The van der Waals surface area contributed by atoms with Crippen LogP contribution in [0.3, 0.4) is 0 Å². The van der Waals surface area contributed by atoms with Gasteiger partial charge in [0, 0.05) is 11.6 Å². The van der Waals surface area contributed by atoms with Gasteiger partial charge in [-0.3, -0.25) is 0 Å². The van der Waals surface area contributed by atoms with Gasteiger partial charge in [-0.1, -0.05) is 20.8 Å². The summed E-state index contributed by atoms with van der Waals surface area (Å²) < 4.78 is 26.4. The van der Waals surface area contributed by atoms with Gasteiger partial charge >= 0.3 is 0 Å². The molecule has 0 fully saturated rings. The van der Waals surface area contributed by atoms with E-state index in [0.717, 1.165) is 0 Å². The lowest BCUT2D eigenvalue weighted by Crippen LogP contribution is -2.26. The maximum absolute atomic E-state index is 13.3. The second-order valence-corrected chi connectivity index (χ2v) is 5.62. The van der Waals surface area contributed by atoms with E-state index in [2.05, 4.69) is 15.9 Å². The molecule has 0 aliphatic rings. The number of hydrogen-bond acceptors (Lipinski definition) is 2. The van der Waals surface area contributed by atoms with Crippen molar-refractivity contribution in [1.29, 1.82) is 0 Å². The van der Waals surface area contributed by atoms with E-state index in [4.69, 9.17) is 5.73 Å². The van der Waals surface area contributed by atoms with Crippen LogP contribution in [-0.4, -0.2) is 5.11 Å². The van der Waals surface area contributed by atoms with E-state index in [1.54, 1.807) is 0 Å². The summed E-state index contributed by atoms with van der Waals surface area (Å²) >= 11 is 2.88. The van der Waals surface area contributed by atoms with Crippen molar-refractivity contribution >= 4 is 28.3 Å². The van der Waals surface area contributed by atoms with Gasteiger partial charge in [0.25, 0.3) is 0 Å². The second-order valence-electron chi connectivity index (χ2n) is 4.77. The second kappa shape index (κ2) is 5.50. The molecule has 98 valence electrons. The van der Waals surface area contributed by atoms with Crippen LogP contribution in [-0.2, 0) is 0 Å². The van der Waals surface area contributed by atoms with Gasteiger partial charge in [-0.2, -0.15) is 4.39 Å². The Hall–Kier alpha value is -0.390. The van der Waals surface area contributed by atoms with E-state index in [0.29, 0.717) is 0 Å². The number of nitrogens with two attached hydrogens (primary N) is 1. The van der Waals surface area contributed by atoms with Crippen LogP contribution in [0.25, 0.3) is 0 Å². The van der Waals surface area contributed by atoms with Crippen molar-refractivity contribution < 1.29 is 13.9 Å². The molecule has 0 aromatic heterocycles. The SMILES string of the molecule is CC(C)(C)[C@H](N)c1cc(Br)c(F)c(F)c1O.Cl. The zero-order valence-corrected chi connectivity index (χ0v) is 12.1. The molecule has 17 heavy (non-hydrogen) atoms. The average Bonchev–Trinajstić information content (AvgIpc) is 2.18. The maximum Gasteiger partial charge on any atom is 0.201 e. The quantitative estimate of drug-likeness (QED) is 0.767. The number of hydrogen-bond donors (Lipinski definition) is 2. The van der Waals surface area contributed by atoms with Crippen molar-refractivity contribution in [1.82, 2.24) is 0 Å². The molecule has 6 heteroatoms. The highest BCUT2D eigenvalue weighted by atomic mass is 79.9. The van der Waals surface area contributed by atoms with Gasteiger partial charge in [-0.15, -0.1) is 12.4 Å². The summed E-state index contributed by atoms with van der Waals surface area (Å²) in [5.41, 5.74) is 5.72. The van der Waals surface area contributed by atoms with Crippen molar-refractivity contribution in [3.05, 3.63) is 27.7 Å². The van der Waals surface area contributed by atoms with Gasteiger partial charge < -0.3 is 10.8 Å². The van der Waals surface area contributed by atoms with Gasteiger partial charge in [-0.05, 0) is 27.4 Å². The average molecular weight is 331 g/mol. The molecule has 2 nitrogen and oxygen atoms in total. The third-order valence-corrected chi connectivity index (χ3v) is 3.01. The van der Waals surface area contributed by atoms with Crippen LogP contribution in [0.1, 0.15) is 32.4 Å². The molecule has 0 unspecified atom stereocenters. The monoisotopic (exact) mass is 329 g/mol. The predicted octanol–water partition coefficient (Wildman–Crippen LogP) is 3.90. The van der Waals surface area contributed by atoms with E-state index in [1.165, 1.54) is 6.07 Å². The fraction of sp³-hybridized carbons (Fsp3) is 0.455. The lowest BCUT2D eigenvalue weighted by Gasteiger charge is -2.28. The first kappa shape index (κ1) is 16.6. The zero-order chi connectivity index (χ0) is 12.7. The maximum atomic E-state index is 13.3. The summed E-state index contributed by atoms with van der Waals surface area (Å²) in [6.07, 6.45) is 0. The Morgan fingerprint density at radius 3 is 2.18 bits per heavy atom. The Kier molecular flexibility index (Phi) is 5.38. The molecule has 1 atom stereocenters. The van der Waals surface area contributed by atoms with E-state index >= 15 is 0 Å². The molecule has 0 saturated carbocycles. The van der Waals surface area contributed by atoms with Crippen LogP contribution in [0.5, 0.6) is 5.75 Å². The lowest BCUT2D eigenvalue weighted by atomic mass is 9.82. The Labute approximate surface area is 114 Å². The minimum Gasteiger partial charge on any atom is -0.505 e. The fourth-order valence-electron chi connectivity index (χ4n) is 1.31. The number of halogens is 4. The Morgan fingerprint density at radius 1 is 1.29 bits per heavy atom. The van der Waals surface area contributed by atoms with Crippen LogP contribution < -0.4 is 5.73 Å². The van der Waals surface area contributed by atoms with Gasteiger partial charge in [0.1, 0.15) is 0 Å². The number of rotatable bonds is 1. The number of benzene rings is 1. The Morgan fingerprint density at radius 2 is 1.76 bits per heavy atom. The number of phenolic OH excluding ortho intramolecular Hbond substituents is 1. The van der Waals surface area contributed by atoms with Crippen LogP contribution in [0.15, 0.2) is 10.5 Å². The summed E-state index contributed by atoms with van der Waals surface area (Å²) in [7, 11) is 0. The zero-order valence-electron chi connectivity index (χ0n) is 9.72. The molecule has 1 aromatic rings. The number of aromatic hydroxyl groups is 1. The minimum absolute atomic E-state index is 0. The van der Waals surface area contributed by atoms with Crippen LogP contribution in [0, 0.1) is 17.0 Å². The van der Waals surface area contributed by atoms with Gasteiger partial charge in [-0.25, -0.2) is 4.39 Å².